The minimum absolute atomic E-state index is 0.204. The molecule has 0 unspecified atom stereocenters. The van der Waals surface area contributed by atoms with Crippen LogP contribution in [0.5, 0.6) is 11.5 Å². The summed E-state index contributed by atoms with van der Waals surface area (Å²) in [7, 11) is 0. The lowest BCUT2D eigenvalue weighted by Crippen LogP contribution is -2.15. The molecule has 0 fully saturated rings. The van der Waals surface area contributed by atoms with E-state index in [2.05, 4.69) is 11.1 Å². The third-order valence-corrected chi connectivity index (χ3v) is 3.16. The highest BCUT2D eigenvalue weighted by molar-refractivity contribution is 6.31. The summed E-state index contributed by atoms with van der Waals surface area (Å²) in [6.07, 6.45) is 1.58. The van der Waals surface area contributed by atoms with E-state index in [1.54, 1.807) is 12.3 Å². The number of pyridine rings is 1. The van der Waals surface area contributed by atoms with Gasteiger partial charge in [0, 0.05) is 11.8 Å². The van der Waals surface area contributed by atoms with Gasteiger partial charge < -0.3 is 9.47 Å². The molecule has 5 heteroatoms. The van der Waals surface area contributed by atoms with Crippen LogP contribution in [0.15, 0.2) is 30.5 Å². The maximum absolute atomic E-state index is 9.17. The summed E-state index contributed by atoms with van der Waals surface area (Å²) in [4.78, 5) is 3.91. The molecule has 0 radical (unpaired) electrons. The van der Waals surface area contributed by atoms with Crippen LogP contribution in [0.4, 0.5) is 0 Å². The first-order valence-corrected chi connectivity index (χ1v) is 6.12. The standard InChI is InChI=1S/C14H9ClN2O2/c15-14-11(8-16)10(3-4-17-14)9-1-2-12-13(7-9)19-6-5-18-12/h1-4,7H,5-6H2. The summed E-state index contributed by atoms with van der Waals surface area (Å²) in [5, 5.41) is 9.37. The zero-order valence-electron chi connectivity index (χ0n) is 9.89. The van der Waals surface area contributed by atoms with Crippen LogP contribution in [0.3, 0.4) is 0 Å². The summed E-state index contributed by atoms with van der Waals surface area (Å²) in [5.74, 6) is 1.40. The highest BCUT2D eigenvalue weighted by Crippen LogP contribution is 2.36. The molecule has 2 heterocycles. The highest BCUT2D eigenvalue weighted by Gasteiger charge is 2.15. The molecule has 1 aromatic heterocycles. The van der Waals surface area contributed by atoms with Gasteiger partial charge in [0.05, 0.1) is 5.56 Å². The Morgan fingerprint density at radius 1 is 1.16 bits per heavy atom. The van der Waals surface area contributed by atoms with Gasteiger partial charge in [-0.15, -0.1) is 0 Å². The van der Waals surface area contributed by atoms with E-state index in [9.17, 15) is 0 Å². The van der Waals surface area contributed by atoms with Gasteiger partial charge in [-0.2, -0.15) is 5.26 Å². The maximum atomic E-state index is 9.17. The van der Waals surface area contributed by atoms with E-state index in [-0.39, 0.29) is 5.15 Å². The predicted octanol–water partition coefficient (Wildman–Crippen LogP) is 3.04. The first kappa shape index (κ1) is 11.8. The first-order chi connectivity index (χ1) is 9.29. The van der Waals surface area contributed by atoms with Gasteiger partial charge in [-0.25, -0.2) is 4.98 Å². The number of aromatic nitrogens is 1. The van der Waals surface area contributed by atoms with Gasteiger partial charge in [-0.1, -0.05) is 17.7 Å². The molecule has 0 saturated heterocycles. The molecule has 1 aliphatic rings. The third-order valence-electron chi connectivity index (χ3n) is 2.87. The van der Waals surface area contributed by atoms with Crippen molar-refractivity contribution in [3.05, 3.63) is 41.2 Å². The molecule has 94 valence electrons. The lowest BCUT2D eigenvalue weighted by Gasteiger charge is -2.19. The van der Waals surface area contributed by atoms with Crippen molar-refractivity contribution in [2.75, 3.05) is 13.2 Å². The van der Waals surface area contributed by atoms with E-state index in [0.29, 0.717) is 30.3 Å². The third kappa shape index (κ3) is 2.09. The summed E-state index contributed by atoms with van der Waals surface area (Å²) in [6.45, 7) is 1.08. The normalized spacial score (nSPS) is 12.8. The number of ether oxygens (including phenoxy) is 2. The first-order valence-electron chi connectivity index (χ1n) is 5.74. The number of rotatable bonds is 1. The second-order valence-corrected chi connectivity index (χ2v) is 4.35. The SMILES string of the molecule is N#Cc1c(-c2ccc3c(c2)OCCO3)ccnc1Cl. The molecule has 0 spiro atoms. The van der Waals surface area contributed by atoms with Crippen LogP contribution in [0, 0.1) is 11.3 Å². The lowest BCUT2D eigenvalue weighted by molar-refractivity contribution is 0.171. The number of nitrogens with zero attached hydrogens (tertiary/aromatic N) is 2. The molecule has 19 heavy (non-hydrogen) atoms. The fraction of sp³-hybridized carbons (Fsp3) is 0.143. The fourth-order valence-corrected chi connectivity index (χ4v) is 2.19. The van der Waals surface area contributed by atoms with E-state index < -0.39 is 0 Å². The van der Waals surface area contributed by atoms with Crippen molar-refractivity contribution in [1.82, 2.24) is 4.98 Å². The van der Waals surface area contributed by atoms with Crippen molar-refractivity contribution in [2.24, 2.45) is 0 Å². The van der Waals surface area contributed by atoms with Crippen LogP contribution in [0.2, 0.25) is 5.15 Å². The van der Waals surface area contributed by atoms with Gasteiger partial charge in [0.25, 0.3) is 0 Å². The van der Waals surface area contributed by atoms with Gasteiger partial charge in [0.15, 0.2) is 11.5 Å². The van der Waals surface area contributed by atoms with Crippen molar-refractivity contribution in [2.45, 2.75) is 0 Å². The smallest absolute Gasteiger partial charge is 0.161 e. The van der Waals surface area contributed by atoms with Gasteiger partial charge >= 0.3 is 0 Å². The Balaban J connectivity index is 2.13. The zero-order chi connectivity index (χ0) is 13.2. The summed E-state index contributed by atoms with van der Waals surface area (Å²) < 4.78 is 11.0. The van der Waals surface area contributed by atoms with Crippen LogP contribution in [-0.2, 0) is 0 Å². The summed E-state index contributed by atoms with van der Waals surface area (Å²) in [5.41, 5.74) is 1.95. The fourth-order valence-electron chi connectivity index (χ4n) is 1.99. The molecule has 2 aromatic rings. The summed E-state index contributed by atoms with van der Waals surface area (Å²) in [6, 6.07) is 9.39. The Bertz CT molecular complexity index is 680. The lowest BCUT2D eigenvalue weighted by atomic mass is 10.0. The second-order valence-electron chi connectivity index (χ2n) is 3.99. The molecular formula is C14H9ClN2O2. The predicted molar refractivity (Wildman–Crippen MR) is 70.4 cm³/mol. The molecule has 0 amide bonds. The number of benzene rings is 1. The minimum atomic E-state index is 0.204. The Morgan fingerprint density at radius 3 is 2.74 bits per heavy atom. The van der Waals surface area contributed by atoms with E-state index in [1.807, 2.05) is 18.2 Å². The number of nitriles is 1. The number of hydrogen-bond acceptors (Lipinski definition) is 4. The molecule has 0 bridgehead atoms. The molecule has 0 N–H and O–H groups in total. The van der Waals surface area contributed by atoms with Gasteiger partial charge in [-0.3, -0.25) is 0 Å². The largest absolute Gasteiger partial charge is 0.486 e. The average molecular weight is 273 g/mol. The van der Waals surface area contributed by atoms with E-state index in [4.69, 9.17) is 26.3 Å². The zero-order valence-corrected chi connectivity index (χ0v) is 10.6. The van der Waals surface area contributed by atoms with Crippen molar-refractivity contribution in [3.8, 4) is 28.7 Å². The molecule has 0 atom stereocenters. The van der Waals surface area contributed by atoms with Crippen LogP contribution < -0.4 is 9.47 Å². The van der Waals surface area contributed by atoms with Crippen LogP contribution >= 0.6 is 11.6 Å². The Hall–Kier alpha value is -2.25. The van der Waals surface area contributed by atoms with Crippen molar-refractivity contribution in [1.29, 1.82) is 5.26 Å². The monoisotopic (exact) mass is 272 g/mol. The van der Waals surface area contributed by atoms with Crippen molar-refractivity contribution in [3.63, 3.8) is 0 Å². The Labute approximate surface area is 115 Å². The van der Waals surface area contributed by atoms with Crippen LogP contribution in [-0.4, -0.2) is 18.2 Å². The average Bonchev–Trinajstić information content (AvgIpc) is 2.46. The quantitative estimate of drug-likeness (QED) is 0.749. The van der Waals surface area contributed by atoms with E-state index in [1.165, 1.54) is 0 Å². The maximum Gasteiger partial charge on any atom is 0.161 e. The minimum Gasteiger partial charge on any atom is -0.486 e. The highest BCUT2D eigenvalue weighted by atomic mass is 35.5. The molecule has 4 nitrogen and oxygen atoms in total. The Morgan fingerprint density at radius 2 is 1.95 bits per heavy atom. The molecule has 0 saturated carbocycles. The van der Waals surface area contributed by atoms with Gasteiger partial charge in [0.2, 0.25) is 0 Å². The van der Waals surface area contributed by atoms with E-state index in [0.717, 1.165) is 11.1 Å². The molecule has 1 aliphatic heterocycles. The van der Waals surface area contributed by atoms with Crippen molar-refractivity contribution >= 4 is 11.6 Å². The number of hydrogen-bond donors (Lipinski definition) is 0. The van der Waals surface area contributed by atoms with Crippen molar-refractivity contribution < 1.29 is 9.47 Å². The van der Waals surface area contributed by atoms with Crippen LogP contribution in [0.25, 0.3) is 11.1 Å². The van der Waals surface area contributed by atoms with Gasteiger partial charge in [0.1, 0.15) is 24.4 Å². The van der Waals surface area contributed by atoms with Crippen LogP contribution in [0.1, 0.15) is 5.56 Å². The summed E-state index contributed by atoms with van der Waals surface area (Å²) >= 11 is 5.93. The molecule has 3 rings (SSSR count). The topological polar surface area (TPSA) is 55.1 Å². The second kappa shape index (κ2) is 4.79. The molecule has 0 aliphatic carbocycles. The number of fused-ring (bicyclic) bond motifs is 1. The van der Waals surface area contributed by atoms with Gasteiger partial charge in [-0.05, 0) is 23.8 Å². The number of halogens is 1. The Kier molecular flexibility index (Phi) is 2.98. The molecular weight excluding hydrogens is 264 g/mol. The molecule has 1 aromatic carbocycles. The van der Waals surface area contributed by atoms with E-state index >= 15 is 0 Å².